The molecule has 7 nitrogen and oxygen atoms in total. The number of carbonyl (C=O) groups excluding carboxylic acids is 1. The normalized spacial score (nSPS) is 17.2. The van der Waals surface area contributed by atoms with Crippen molar-refractivity contribution in [2.75, 3.05) is 26.9 Å². The zero-order valence-corrected chi connectivity index (χ0v) is 21.2. The number of esters is 1. The van der Waals surface area contributed by atoms with Crippen molar-refractivity contribution in [2.45, 2.75) is 72.3 Å². The Hall–Kier alpha value is -2.67. The maximum absolute atomic E-state index is 13.2. The van der Waals surface area contributed by atoms with Crippen LogP contribution in [-0.2, 0) is 15.9 Å². The van der Waals surface area contributed by atoms with Crippen molar-refractivity contribution in [1.82, 2.24) is 9.55 Å². The highest BCUT2D eigenvalue weighted by Crippen LogP contribution is 2.48. The van der Waals surface area contributed by atoms with Gasteiger partial charge >= 0.3 is 5.97 Å². The predicted molar refractivity (Wildman–Crippen MR) is 131 cm³/mol. The van der Waals surface area contributed by atoms with Crippen LogP contribution in [0.2, 0.25) is 0 Å². The zero-order valence-electron chi connectivity index (χ0n) is 21.2. The van der Waals surface area contributed by atoms with Crippen LogP contribution in [0.25, 0.3) is 11.4 Å². The van der Waals surface area contributed by atoms with Gasteiger partial charge in [0.1, 0.15) is 11.3 Å². The largest absolute Gasteiger partial charge is 0.492 e. The van der Waals surface area contributed by atoms with Crippen LogP contribution in [0.3, 0.4) is 0 Å². The third kappa shape index (κ3) is 4.63. The van der Waals surface area contributed by atoms with Gasteiger partial charge in [-0.1, -0.05) is 20.8 Å². The smallest absolute Gasteiger partial charge is 0.343 e. The van der Waals surface area contributed by atoms with Crippen LogP contribution in [0, 0.1) is 12.3 Å². The van der Waals surface area contributed by atoms with Gasteiger partial charge in [-0.2, -0.15) is 0 Å². The van der Waals surface area contributed by atoms with Crippen molar-refractivity contribution >= 4 is 5.97 Å². The Balaban J connectivity index is 1.88. The van der Waals surface area contributed by atoms with E-state index in [2.05, 4.69) is 31.4 Å². The van der Waals surface area contributed by atoms with Crippen molar-refractivity contribution in [3.63, 3.8) is 0 Å². The number of nitrogens with zero attached hydrogens (tertiary/aromatic N) is 2. The minimum Gasteiger partial charge on any atom is -0.492 e. The second-order valence-corrected chi connectivity index (χ2v) is 10.4. The van der Waals surface area contributed by atoms with Gasteiger partial charge in [-0.05, 0) is 50.2 Å². The molecule has 2 aromatic rings. The zero-order chi connectivity index (χ0) is 24.6. The van der Waals surface area contributed by atoms with Crippen LogP contribution >= 0.6 is 0 Å². The molecule has 1 aliphatic heterocycles. The number of aromatic nitrogens is 2. The summed E-state index contributed by atoms with van der Waals surface area (Å²) in [6.45, 7) is 11.5. The van der Waals surface area contributed by atoms with E-state index in [0.29, 0.717) is 24.7 Å². The maximum atomic E-state index is 13.2. The molecule has 0 saturated heterocycles. The van der Waals surface area contributed by atoms with Crippen LogP contribution in [0.15, 0.2) is 17.1 Å². The van der Waals surface area contributed by atoms with Gasteiger partial charge in [0.2, 0.25) is 0 Å². The molecule has 0 spiro atoms. The second-order valence-electron chi connectivity index (χ2n) is 10.4. The van der Waals surface area contributed by atoms with Gasteiger partial charge < -0.3 is 18.8 Å². The Labute approximate surface area is 201 Å². The van der Waals surface area contributed by atoms with E-state index in [0.717, 1.165) is 54.1 Å². The van der Waals surface area contributed by atoms with Gasteiger partial charge in [0, 0.05) is 43.9 Å². The topological polar surface area (TPSA) is 79.7 Å². The first kappa shape index (κ1) is 24.5. The van der Waals surface area contributed by atoms with Crippen LogP contribution in [0.5, 0.6) is 5.75 Å². The predicted octanol–water partition coefficient (Wildman–Crippen LogP) is 4.83. The Morgan fingerprint density at radius 1 is 1.24 bits per heavy atom. The van der Waals surface area contributed by atoms with E-state index in [9.17, 15) is 9.59 Å². The summed E-state index contributed by atoms with van der Waals surface area (Å²) < 4.78 is 18.6. The molecule has 0 unspecified atom stereocenters. The molecule has 34 heavy (non-hydrogen) atoms. The molecule has 0 bridgehead atoms. The highest BCUT2D eigenvalue weighted by Gasteiger charge is 2.38. The molecule has 2 aromatic heterocycles. The van der Waals surface area contributed by atoms with E-state index in [1.54, 1.807) is 27.2 Å². The lowest BCUT2D eigenvalue weighted by Crippen LogP contribution is -2.34. The molecule has 1 fully saturated rings. The number of fused-ring (bicyclic) bond motifs is 3. The molecule has 3 heterocycles. The van der Waals surface area contributed by atoms with Crippen molar-refractivity contribution in [3.8, 4) is 17.1 Å². The fourth-order valence-corrected chi connectivity index (χ4v) is 4.75. The highest BCUT2D eigenvalue weighted by molar-refractivity contribution is 5.90. The number of pyridine rings is 2. The molecule has 4 rings (SSSR count). The van der Waals surface area contributed by atoms with Crippen molar-refractivity contribution < 1.29 is 19.0 Å². The highest BCUT2D eigenvalue weighted by atomic mass is 16.5. The average molecular weight is 469 g/mol. The molecule has 1 atom stereocenters. The third-order valence-electron chi connectivity index (χ3n) is 6.74. The first-order valence-corrected chi connectivity index (χ1v) is 12.3. The molecule has 2 aliphatic rings. The minimum atomic E-state index is -0.573. The standard InChI is InChI=1S/C27H36N2O5/c1-7-33-26(31)19-15-29-21(27(3,4)5)14-18-13-20(34-12-8-11-32-6)22(17-9-10-17)28-23(18)24(29)16(2)25(19)30/h13,15,17,21H,7-12,14H2,1-6H3/t21-/m0/s1. The Morgan fingerprint density at radius 3 is 2.59 bits per heavy atom. The first-order valence-electron chi connectivity index (χ1n) is 12.3. The van der Waals surface area contributed by atoms with Crippen molar-refractivity contribution in [3.05, 3.63) is 44.9 Å². The van der Waals surface area contributed by atoms with E-state index >= 15 is 0 Å². The van der Waals surface area contributed by atoms with Crippen molar-refractivity contribution in [1.29, 1.82) is 0 Å². The summed E-state index contributed by atoms with van der Waals surface area (Å²) in [5, 5.41) is 0. The van der Waals surface area contributed by atoms with Gasteiger partial charge in [0.15, 0.2) is 5.43 Å². The Morgan fingerprint density at radius 2 is 1.97 bits per heavy atom. The molecule has 0 radical (unpaired) electrons. The van der Waals surface area contributed by atoms with Crippen LogP contribution in [0.1, 0.15) is 86.1 Å². The average Bonchev–Trinajstić information content (AvgIpc) is 3.62. The number of methoxy groups -OCH3 is 1. The van der Waals surface area contributed by atoms with E-state index in [1.807, 2.05) is 0 Å². The van der Waals surface area contributed by atoms with Crippen LogP contribution in [0.4, 0.5) is 0 Å². The van der Waals surface area contributed by atoms with E-state index in [-0.39, 0.29) is 29.1 Å². The molecule has 1 aliphatic carbocycles. The molecular weight excluding hydrogens is 432 g/mol. The van der Waals surface area contributed by atoms with Gasteiger partial charge in [0.25, 0.3) is 0 Å². The number of ether oxygens (including phenoxy) is 3. The number of carbonyl (C=O) groups is 1. The molecule has 7 heteroatoms. The summed E-state index contributed by atoms with van der Waals surface area (Å²) in [5.41, 5.74) is 3.89. The number of rotatable bonds is 8. The Bertz CT molecular complexity index is 1140. The molecule has 1 saturated carbocycles. The first-order chi connectivity index (χ1) is 16.2. The van der Waals surface area contributed by atoms with E-state index < -0.39 is 5.97 Å². The van der Waals surface area contributed by atoms with Crippen molar-refractivity contribution in [2.24, 2.45) is 5.41 Å². The lowest BCUT2D eigenvalue weighted by atomic mass is 9.79. The van der Waals surface area contributed by atoms with E-state index in [4.69, 9.17) is 19.2 Å². The van der Waals surface area contributed by atoms with Gasteiger partial charge in [-0.25, -0.2) is 9.78 Å². The van der Waals surface area contributed by atoms with E-state index in [1.165, 1.54) is 0 Å². The third-order valence-corrected chi connectivity index (χ3v) is 6.74. The molecule has 0 aromatic carbocycles. The minimum absolute atomic E-state index is 0.0393. The fraction of sp³-hybridized carbons (Fsp3) is 0.593. The summed E-state index contributed by atoms with van der Waals surface area (Å²) >= 11 is 0. The summed E-state index contributed by atoms with van der Waals surface area (Å²) in [4.78, 5) is 30.9. The summed E-state index contributed by atoms with van der Waals surface area (Å²) in [5.74, 6) is 0.666. The lowest BCUT2D eigenvalue weighted by Gasteiger charge is -2.39. The fourth-order valence-electron chi connectivity index (χ4n) is 4.75. The van der Waals surface area contributed by atoms with Crippen LogP contribution < -0.4 is 10.2 Å². The lowest BCUT2D eigenvalue weighted by molar-refractivity contribution is 0.0523. The quantitative estimate of drug-likeness (QED) is 0.408. The monoisotopic (exact) mass is 468 g/mol. The SMILES string of the molecule is CCOC(=O)c1cn2c(c(C)c1=O)-c1nc(C3CC3)c(OCCCOC)cc1C[C@H]2C(C)(C)C. The summed E-state index contributed by atoms with van der Waals surface area (Å²) in [6, 6.07) is 2.17. The molecule has 0 amide bonds. The van der Waals surface area contributed by atoms with Gasteiger partial charge in [-0.3, -0.25) is 4.79 Å². The van der Waals surface area contributed by atoms with Gasteiger partial charge in [-0.15, -0.1) is 0 Å². The summed E-state index contributed by atoms with van der Waals surface area (Å²) in [6.07, 6.45) is 5.44. The Kier molecular flexibility index (Phi) is 6.85. The maximum Gasteiger partial charge on any atom is 0.343 e. The number of hydrogen-bond donors (Lipinski definition) is 0. The molecular formula is C27H36N2O5. The number of hydrogen-bond acceptors (Lipinski definition) is 6. The second kappa shape index (κ2) is 9.53. The molecule has 184 valence electrons. The van der Waals surface area contributed by atoms with Crippen LogP contribution in [-0.4, -0.2) is 42.5 Å². The van der Waals surface area contributed by atoms with Gasteiger partial charge in [0.05, 0.1) is 30.3 Å². The summed E-state index contributed by atoms with van der Waals surface area (Å²) in [7, 11) is 1.69. The molecule has 0 N–H and O–H groups in total.